The SMILES string of the molecule is Cc1cnc2cc(NC(=O)C(=O)N3CCCC(C)C3)ccn12. The minimum absolute atomic E-state index is 0.453. The van der Waals surface area contributed by atoms with Gasteiger partial charge in [0.05, 0.1) is 0 Å². The zero-order valence-electron chi connectivity index (χ0n) is 12.9. The van der Waals surface area contributed by atoms with Gasteiger partial charge in [0, 0.05) is 42.9 Å². The number of amides is 2. The molecule has 2 aromatic heterocycles. The van der Waals surface area contributed by atoms with Gasteiger partial charge in [0.25, 0.3) is 0 Å². The third kappa shape index (κ3) is 2.81. The molecule has 6 nitrogen and oxygen atoms in total. The zero-order chi connectivity index (χ0) is 15.7. The summed E-state index contributed by atoms with van der Waals surface area (Å²) in [6.45, 7) is 5.38. The topological polar surface area (TPSA) is 66.7 Å². The number of hydrogen-bond donors (Lipinski definition) is 1. The second-order valence-electron chi connectivity index (χ2n) is 6.00. The third-order valence-electron chi connectivity index (χ3n) is 4.09. The van der Waals surface area contributed by atoms with Crippen molar-refractivity contribution < 1.29 is 9.59 Å². The first-order valence-corrected chi connectivity index (χ1v) is 7.58. The second-order valence-corrected chi connectivity index (χ2v) is 6.00. The predicted molar refractivity (Wildman–Crippen MR) is 83.5 cm³/mol. The Balaban J connectivity index is 1.70. The summed E-state index contributed by atoms with van der Waals surface area (Å²) < 4.78 is 1.92. The monoisotopic (exact) mass is 300 g/mol. The number of aromatic nitrogens is 2. The molecule has 1 aliphatic rings. The van der Waals surface area contributed by atoms with Gasteiger partial charge in [-0.05, 0) is 31.7 Å². The van der Waals surface area contributed by atoms with Crippen molar-refractivity contribution in [3.05, 3.63) is 30.2 Å². The van der Waals surface area contributed by atoms with Crippen LogP contribution in [0.4, 0.5) is 5.69 Å². The summed E-state index contributed by atoms with van der Waals surface area (Å²) >= 11 is 0. The molecule has 1 fully saturated rings. The molecule has 6 heteroatoms. The summed E-state index contributed by atoms with van der Waals surface area (Å²) in [4.78, 5) is 30.2. The quantitative estimate of drug-likeness (QED) is 0.817. The standard InChI is InChI=1S/C16H20N4O2/c1-11-4-3-6-19(10-11)16(22)15(21)18-13-5-7-20-12(2)9-17-14(20)8-13/h5,7-9,11H,3-4,6,10H2,1-2H3,(H,18,21). The predicted octanol–water partition coefficient (Wildman–Crippen LogP) is 1.84. The highest BCUT2D eigenvalue weighted by atomic mass is 16.2. The number of piperidine rings is 1. The molecule has 0 aliphatic carbocycles. The molecule has 0 aromatic carbocycles. The number of nitrogens with zero attached hydrogens (tertiary/aromatic N) is 3. The van der Waals surface area contributed by atoms with Gasteiger partial charge in [-0.3, -0.25) is 9.59 Å². The fourth-order valence-corrected chi connectivity index (χ4v) is 2.89. The van der Waals surface area contributed by atoms with E-state index in [4.69, 9.17) is 0 Å². The highest BCUT2D eigenvalue weighted by molar-refractivity contribution is 6.39. The number of fused-ring (bicyclic) bond motifs is 1. The van der Waals surface area contributed by atoms with Crippen molar-refractivity contribution in [3.8, 4) is 0 Å². The van der Waals surface area contributed by atoms with Crippen molar-refractivity contribution in [2.24, 2.45) is 5.92 Å². The second kappa shape index (κ2) is 5.79. The molecule has 0 spiro atoms. The maximum atomic E-state index is 12.2. The lowest BCUT2D eigenvalue weighted by atomic mass is 10.0. The van der Waals surface area contributed by atoms with E-state index in [1.807, 2.05) is 17.5 Å². The Morgan fingerprint density at radius 3 is 3.00 bits per heavy atom. The van der Waals surface area contributed by atoms with Gasteiger partial charge in [-0.2, -0.15) is 0 Å². The van der Waals surface area contributed by atoms with Gasteiger partial charge in [-0.25, -0.2) is 4.98 Å². The van der Waals surface area contributed by atoms with Crippen molar-refractivity contribution in [1.82, 2.24) is 14.3 Å². The van der Waals surface area contributed by atoms with Gasteiger partial charge in [0.15, 0.2) is 0 Å². The van der Waals surface area contributed by atoms with Crippen LogP contribution in [0.1, 0.15) is 25.5 Å². The molecule has 2 aromatic rings. The molecule has 1 aliphatic heterocycles. The summed E-state index contributed by atoms with van der Waals surface area (Å²) in [6, 6.07) is 3.53. The number of nitrogens with one attached hydrogen (secondary N) is 1. The molecule has 22 heavy (non-hydrogen) atoms. The molecule has 3 heterocycles. The van der Waals surface area contributed by atoms with E-state index >= 15 is 0 Å². The average molecular weight is 300 g/mol. The highest BCUT2D eigenvalue weighted by Crippen LogP contribution is 2.17. The number of rotatable bonds is 1. The van der Waals surface area contributed by atoms with E-state index in [9.17, 15) is 9.59 Å². The Bertz CT molecular complexity index is 722. The van der Waals surface area contributed by atoms with Gasteiger partial charge in [0.2, 0.25) is 0 Å². The highest BCUT2D eigenvalue weighted by Gasteiger charge is 2.26. The molecule has 0 bridgehead atoms. The van der Waals surface area contributed by atoms with Crippen LogP contribution in [0, 0.1) is 12.8 Å². The molecule has 0 saturated carbocycles. The first kappa shape index (κ1) is 14.6. The number of carbonyl (C=O) groups excluding carboxylic acids is 2. The van der Waals surface area contributed by atoms with E-state index in [0.29, 0.717) is 24.7 Å². The number of anilines is 1. The van der Waals surface area contributed by atoms with Gasteiger partial charge < -0.3 is 14.6 Å². The summed E-state index contributed by atoms with van der Waals surface area (Å²) in [5.41, 5.74) is 2.35. The molecule has 116 valence electrons. The van der Waals surface area contributed by atoms with E-state index < -0.39 is 11.8 Å². The molecule has 1 atom stereocenters. The Morgan fingerprint density at radius 1 is 1.41 bits per heavy atom. The number of hydrogen-bond acceptors (Lipinski definition) is 3. The lowest BCUT2D eigenvalue weighted by molar-refractivity contribution is -0.144. The summed E-state index contributed by atoms with van der Waals surface area (Å²) in [6.07, 6.45) is 5.67. The first-order valence-electron chi connectivity index (χ1n) is 7.58. The van der Waals surface area contributed by atoms with Crippen molar-refractivity contribution in [1.29, 1.82) is 0 Å². The normalized spacial score (nSPS) is 18.5. The Labute approximate surface area is 129 Å². The van der Waals surface area contributed by atoms with E-state index in [1.165, 1.54) is 0 Å². The summed E-state index contributed by atoms with van der Waals surface area (Å²) in [7, 11) is 0. The molecule has 2 amide bonds. The minimum Gasteiger partial charge on any atom is -0.334 e. The van der Waals surface area contributed by atoms with Crippen LogP contribution in [-0.4, -0.2) is 39.2 Å². The lowest BCUT2D eigenvalue weighted by Crippen LogP contribution is -2.44. The Hall–Kier alpha value is -2.37. The van der Waals surface area contributed by atoms with Gasteiger partial charge in [0.1, 0.15) is 5.65 Å². The molecule has 1 saturated heterocycles. The van der Waals surface area contributed by atoms with Crippen LogP contribution >= 0.6 is 0 Å². The Kier molecular flexibility index (Phi) is 3.83. The fourth-order valence-electron chi connectivity index (χ4n) is 2.89. The van der Waals surface area contributed by atoms with Crippen molar-refractivity contribution in [2.45, 2.75) is 26.7 Å². The van der Waals surface area contributed by atoms with Crippen LogP contribution in [0.15, 0.2) is 24.5 Å². The van der Waals surface area contributed by atoms with E-state index in [1.54, 1.807) is 23.2 Å². The van der Waals surface area contributed by atoms with Crippen LogP contribution in [0.3, 0.4) is 0 Å². The minimum atomic E-state index is -0.582. The molecular formula is C16H20N4O2. The van der Waals surface area contributed by atoms with E-state index in [0.717, 1.165) is 24.2 Å². The van der Waals surface area contributed by atoms with Crippen LogP contribution in [0.2, 0.25) is 0 Å². The number of likely N-dealkylation sites (tertiary alicyclic amines) is 1. The fraction of sp³-hybridized carbons (Fsp3) is 0.438. The molecule has 0 radical (unpaired) electrons. The largest absolute Gasteiger partial charge is 0.334 e. The number of carbonyl (C=O) groups is 2. The maximum Gasteiger partial charge on any atom is 0.313 e. The van der Waals surface area contributed by atoms with E-state index in [2.05, 4.69) is 17.2 Å². The first-order chi connectivity index (χ1) is 10.5. The van der Waals surface area contributed by atoms with Crippen LogP contribution < -0.4 is 5.32 Å². The Morgan fingerprint density at radius 2 is 2.23 bits per heavy atom. The summed E-state index contributed by atoms with van der Waals surface area (Å²) in [5.74, 6) is -0.581. The van der Waals surface area contributed by atoms with Crippen molar-refractivity contribution in [2.75, 3.05) is 18.4 Å². The van der Waals surface area contributed by atoms with Gasteiger partial charge in [-0.15, -0.1) is 0 Å². The smallest absolute Gasteiger partial charge is 0.313 e. The molecular weight excluding hydrogens is 280 g/mol. The number of imidazole rings is 1. The van der Waals surface area contributed by atoms with Gasteiger partial charge >= 0.3 is 11.8 Å². The van der Waals surface area contributed by atoms with Crippen LogP contribution in [0.25, 0.3) is 5.65 Å². The zero-order valence-corrected chi connectivity index (χ0v) is 12.9. The number of pyridine rings is 1. The van der Waals surface area contributed by atoms with Gasteiger partial charge in [-0.1, -0.05) is 6.92 Å². The van der Waals surface area contributed by atoms with E-state index in [-0.39, 0.29) is 0 Å². The van der Waals surface area contributed by atoms with Crippen molar-refractivity contribution >= 4 is 23.1 Å². The molecule has 1 N–H and O–H groups in total. The van der Waals surface area contributed by atoms with Crippen LogP contribution in [-0.2, 0) is 9.59 Å². The summed E-state index contributed by atoms with van der Waals surface area (Å²) in [5, 5.41) is 2.67. The average Bonchev–Trinajstić information content (AvgIpc) is 2.87. The molecule has 1 unspecified atom stereocenters. The molecule has 3 rings (SSSR count). The maximum absolute atomic E-state index is 12.2. The lowest BCUT2D eigenvalue weighted by Gasteiger charge is -2.30. The van der Waals surface area contributed by atoms with Crippen LogP contribution in [0.5, 0.6) is 0 Å². The third-order valence-corrected chi connectivity index (χ3v) is 4.09. The number of aryl methyl sites for hydroxylation is 1. The van der Waals surface area contributed by atoms with Crippen molar-refractivity contribution in [3.63, 3.8) is 0 Å².